The molecule has 0 radical (unpaired) electrons. The fourth-order valence-electron chi connectivity index (χ4n) is 4.38. The molecule has 6 heteroatoms. The number of hydrogen-bond acceptors (Lipinski definition) is 4. The minimum atomic E-state index is 0.162. The molecule has 0 bridgehead atoms. The van der Waals surface area contributed by atoms with Crippen molar-refractivity contribution in [3.05, 3.63) is 0 Å². The molecule has 3 rings (SSSR count). The Morgan fingerprint density at radius 2 is 1.79 bits per heavy atom. The highest BCUT2D eigenvalue weighted by atomic mass is 16.5. The number of nitrogens with zero attached hydrogens (tertiary/aromatic N) is 3. The normalized spacial score (nSPS) is 28.0. The molecule has 24 heavy (non-hydrogen) atoms. The maximum absolute atomic E-state index is 6.22. The molecule has 0 aromatic carbocycles. The number of piperidine rings is 1. The van der Waals surface area contributed by atoms with E-state index in [9.17, 15) is 0 Å². The van der Waals surface area contributed by atoms with Gasteiger partial charge in [-0.05, 0) is 45.8 Å². The summed E-state index contributed by atoms with van der Waals surface area (Å²) in [5.41, 5.74) is 6.38. The Morgan fingerprint density at radius 3 is 2.46 bits per heavy atom. The van der Waals surface area contributed by atoms with Gasteiger partial charge < -0.3 is 20.7 Å². The molecule has 1 aliphatic carbocycles. The fourth-order valence-corrected chi connectivity index (χ4v) is 4.38. The second kappa shape index (κ2) is 8.50. The first-order valence-electron chi connectivity index (χ1n) is 9.76. The molecule has 2 saturated heterocycles. The second-order valence-electron chi connectivity index (χ2n) is 7.81. The molecular weight excluding hydrogens is 302 g/mol. The lowest BCUT2D eigenvalue weighted by molar-refractivity contribution is -0.0411. The van der Waals surface area contributed by atoms with Crippen LogP contribution in [0.15, 0.2) is 4.99 Å². The van der Waals surface area contributed by atoms with Crippen LogP contribution in [0.1, 0.15) is 44.9 Å². The van der Waals surface area contributed by atoms with Gasteiger partial charge in [0.05, 0.1) is 19.8 Å². The third-order valence-electron chi connectivity index (χ3n) is 6.10. The van der Waals surface area contributed by atoms with Gasteiger partial charge in [-0.25, -0.2) is 0 Å². The van der Waals surface area contributed by atoms with E-state index in [4.69, 9.17) is 15.5 Å². The van der Waals surface area contributed by atoms with Crippen LogP contribution in [0.2, 0.25) is 0 Å². The molecule has 0 atom stereocenters. The van der Waals surface area contributed by atoms with Crippen LogP contribution in [0.5, 0.6) is 0 Å². The molecule has 0 unspecified atom stereocenters. The van der Waals surface area contributed by atoms with Crippen LogP contribution in [-0.4, -0.2) is 80.3 Å². The standard InChI is InChI=1S/C18H35N5O/c1-22-9-7-18(8-10-22,23-11-13-24-14-12-23)15-20-17(19)21-16-5-3-2-4-6-16/h16H,2-15H2,1H3,(H3,19,20,21). The van der Waals surface area contributed by atoms with Crippen LogP contribution in [0.25, 0.3) is 0 Å². The van der Waals surface area contributed by atoms with Crippen LogP contribution in [-0.2, 0) is 4.74 Å². The Morgan fingerprint density at radius 1 is 1.12 bits per heavy atom. The van der Waals surface area contributed by atoms with Crippen LogP contribution in [0, 0.1) is 0 Å². The van der Waals surface area contributed by atoms with Crippen molar-refractivity contribution in [1.82, 2.24) is 15.1 Å². The summed E-state index contributed by atoms with van der Waals surface area (Å²) in [6, 6.07) is 0.527. The Kier molecular flexibility index (Phi) is 6.36. The third kappa shape index (κ3) is 4.61. The number of morpholine rings is 1. The summed E-state index contributed by atoms with van der Waals surface area (Å²) in [6.07, 6.45) is 8.80. The minimum Gasteiger partial charge on any atom is -0.379 e. The largest absolute Gasteiger partial charge is 0.379 e. The average Bonchev–Trinajstić information content (AvgIpc) is 2.63. The van der Waals surface area contributed by atoms with Crippen molar-refractivity contribution in [1.29, 1.82) is 0 Å². The van der Waals surface area contributed by atoms with Gasteiger partial charge in [-0.15, -0.1) is 0 Å². The van der Waals surface area contributed by atoms with E-state index in [-0.39, 0.29) is 5.54 Å². The Bertz CT molecular complexity index is 408. The molecular formula is C18H35N5O. The van der Waals surface area contributed by atoms with Gasteiger partial charge >= 0.3 is 0 Å². The lowest BCUT2D eigenvalue weighted by Crippen LogP contribution is -2.60. The minimum absolute atomic E-state index is 0.162. The van der Waals surface area contributed by atoms with Gasteiger partial charge in [0.15, 0.2) is 5.96 Å². The van der Waals surface area contributed by atoms with Gasteiger partial charge in [0, 0.05) is 24.7 Å². The zero-order valence-electron chi connectivity index (χ0n) is 15.3. The molecule has 0 aromatic heterocycles. The first-order valence-corrected chi connectivity index (χ1v) is 9.76. The Balaban J connectivity index is 1.61. The van der Waals surface area contributed by atoms with Crippen molar-refractivity contribution in [2.45, 2.75) is 56.5 Å². The molecule has 138 valence electrons. The van der Waals surface area contributed by atoms with E-state index in [0.29, 0.717) is 12.0 Å². The van der Waals surface area contributed by atoms with E-state index in [1.54, 1.807) is 0 Å². The Labute approximate surface area is 146 Å². The predicted octanol–water partition coefficient (Wildman–Crippen LogP) is 1.02. The molecule has 1 saturated carbocycles. The van der Waals surface area contributed by atoms with Crippen molar-refractivity contribution < 1.29 is 4.74 Å². The number of nitrogens with one attached hydrogen (secondary N) is 1. The second-order valence-corrected chi connectivity index (χ2v) is 7.81. The van der Waals surface area contributed by atoms with Crippen LogP contribution in [0.4, 0.5) is 0 Å². The molecule has 3 N–H and O–H groups in total. The fraction of sp³-hybridized carbons (Fsp3) is 0.944. The first kappa shape index (κ1) is 18.0. The summed E-state index contributed by atoms with van der Waals surface area (Å²) >= 11 is 0. The molecule has 3 fully saturated rings. The lowest BCUT2D eigenvalue weighted by Gasteiger charge is -2.49. The summed E-state index contributed by atoms with van der Waals surface area (Å²) < 4.78 is 5.56. The highest BCUT2D eigenvalue weighted by molar-refractivity contribution is 5.78. The monoisotopic (exact) mass is 337 g/mol. The number of aliphatic imine (C=N–C) groups is 1. The number of hydrogen-bond donors (Lipinski definition) is 2. The number of ether oxygens (including phenoxy) is 1. The molecule has 0 spiro atoms. The van der Waals surface area contributed by atoms with E-state index >= 15 is 0 Å². The van der Waals surface area contributed by atoms with Gasteiger partial charge in [-0.1, -0.05) is 19.3 Å². The van der Waals surface area contributed by atoms with E-state index in [0.717, 1.165) is 45.9 Å². The van der Waals surface area contributed by atoms with Crippen molar-refractivity contribution in [3.63, 3.8) is 0 Å². The molecule has 0 amide bonds. The maximum atomic E-state index is 6.22. The van der Waals surface area contributed by atoms with Gasteiger partial charge in [0.25, 0.3) is 0 Å². The number of nitrogens with two attached hydrogens (primary N) is 1. The SMILES string of the molecule is CN1CCC(CN=C(N)NC2CCCCC2)(N2CCOCC2)CC1. The summed E-state index contributed by atoms with van der Waals surface area (Å²) in [5, 5.41) is 3.46. The zero-order valence-corrected chi connectivity index (χ0v) is 15.3. The van der Waals surface area contributed by atoms with Crippen LogP contribution < -0.4 is 11.1 Å². The summed E-state index contributed by atoms with van der Waals surface area (Å²) in [4.78, 5) is 9.83. The van der Waals surface area contributed by atoms with Crippen molar-refractivity contribution in [2.75, 3.05) is 53.0 Å². The summed E-state index contributed by atoms with van der Waals surface area (Å²) in [5.74, 6) is 0.647. The molecule has 2 heterocycles. The smallest absolute Gasteiger partial charge is 0.188 e. The lowest BCUT2D eigenvalue weighted by atomic mass is 9.85. The van der Waals surface area contributed by atoms with Gasteiger partial charge in [-0.3, -0.25) is 9.89 Å². The molecule has 3 aliphatic rings. The average molecular weight is 338 g/mol. The quantitative estimate of drug-likeness (QED) is 0.592. The van der Waals surface area contributed by atoms with Gasteiger partial charge in [0.1, 0.15) is 0 Å². The first-order chi connectivity index (χ1) is 11.7. The zero-order chi connectivity index (χ0) is 16.8. The predicted molar refractivity (Wildman–Crippen MR) is 98.4 cm³/mol. The number of rotatable bonds is 4. The van der Waals surface area contributed by atoms with E-state index in [2.05, 4.69) is 22.2 Å². The Hall–Kier alpha value is -0.850. The highest BCUT2D eigenvalue weighted by Gasteiger charge is 2.39. The molecule has 2 aliphatic heterocycles. The van der Waals surface area contributed by atoms with Crippen molar-refractivity contribution in [2.24, 2.45) is 10.7 Å². The molecule has 6 nitrogen and oxygen atoms in total. The van der Waals surface area contributed by atoms with Crippen LogP contribution >= 0.6 is 0 Å². The van der Waals surface area contributed by atoms with Crippen molar-refractivity contribution in [3.8, 4) is 0 Å². The van der Waals surface area contributed by atoms with E-state index < -0.39 is 0 Å². The van der Waals surface area contributed by atoms with Gasteiger partial charge in [0.2, 0.25) is 0 Å². The summed E-state index contributed by atoms with van der Waals surface area (Å²) in [7, 11) is 2.21. The van der Waals surface area contributed by atoms with E-state index in [1.807, 2.05) is 0 Å². The van der Waals surface area contributed by atoms with Crippen LogP contribution in [0.3, 0.4) is 0 Å². The maximum Gasteiger partial charge on any atom is 0.188 e. The third-order valence-corrected chi connectivity index (χ3v) is 6.10. The van der Waals surface area contributed by atoms with Crippen molar-refractivity contribution >= 4 is 5.96 Å². The summed E-state index contributed by atoms with van der Waals surface area (Å²) in [6.45, 7) is 6.83. The number of guanidine groups is 1. The number of likely N-dealkylation sites (tertiary alicyclic amines) is 1. The van der Waals surface area contributed by atoms with Gasteiger partial charge in [-0.2, -0.15) is 0 Å². The highest BCUT2D eigenvalue weighted by Crippen LogP contribution is 2.30. The van der Waals surface area contributed by atoms with E-state index in [1.165, 1.54) is 44.9 Å². The molecule has 0 aromatic rings. The topological polar surface area (TPSA) is 66.1 Å².